The van der Waals surface area contributed by atoms with E-state index >= 15 is 0 Å². The molecule has 14 heavy (non-hydrogen) atoms. The van der Waals surface area contributed by atoms with Gasteiger partial charge >= 0.3 is 0 Å². The zero-order chi connectivity index (χ0) is 10.4. The Morgan fingerprint density at radius 1 is 1.07 bits per heavy atom. The first-order valence-corrected chi connectivity index (χ1v) is 5.05. The molecular formula is C9H9Cl2NO2. The highest BCUT2D eigenvalue weighted by Crippen LogP contribution is 2.15. The second-order valence-electron chi connectivity index (χ2n) is 2.77. The van der Waals surface area contributed by atoms with Crippen molar-refractivity contribution in [2.45, 2.75) is 18.4 Å². The van der Waals surface area contributed by atoms with Crippen molar-refractivity contribution < 1.29 is 4.84 Å². The van der Waals surface area contributed by atoms with E-state index in [9.17, 15) is 4.91 Å². The van der Waals surface area contributed by atoms with Crippen LogP contribution >= 0.6 is 23.2 Å². The van der Waals surface area contributed by atoms with Gasteiger partial charge in [-0.25, -0.2) is 0 Å². The predicted octanol–water partition coefficient (Wildman–Crippen LogP) is 3.36. The van der Waals surface area contributed by atoms with Crippen LogP contribution in [0.3, 0.4) is 0 Å². The standard InChI is InChI=1S/C9H9Cl2NO2/c10-4-7-1-8(5-11)3-9(2-7)6-14-12-13/h1-3H,4-6H2. The molecule has 0 radical (unpaired) electrons. The first-order chi connectivity index (χ1) is 6.80. The van der Waals surface area contributed by atoms with Gasteiger partial charge in [-0.2, -0.15) is 0 Å². The molecule has 0 saturated heterocycles. The van der Waals surface area contributed by atoms with Gasteiger partial charge in [0.25, 0.3) is 0 Å². The van der Waals surface area contributed by atoms with Crippen molar-refractivity contribution in [2.24, 2.45) is 5.34 Å². The van der Waals surface area contributed by atoms with Gasteiger partial charge in [0.15, 0.2) is 5.34 Å². The lowest BCUT2D eigenvalue weighted by atomic mass is 10.1. The third-order valence-corrected chi connectivity index (χ3v) is 2.32. The number of hydrogen-bond donors (Lipinski definition) is 0. The van der Waals surface area contributed by atoms with Crippen molar-refractivity contribution in [3.63, 3.8) is 0 Å². The molecule has 0 aromatic heterocycles. The second-order valence-corrected chi connectivity index (χ2v) is 3.31. The van der Waals surface area contributed by atoms with Gasteiger partial charge in [-0.1, -0.05) is 18.2 Å². The van der Waals surface area contributed by atoms with E-state index < -0.39 is 0 Å². The average molecular weight is 234 g/mol. The fraction of sp³-hybridized carbons (Fsp3) is 0.333. The molecule has 0 spiro atoms. The number of rotatable bonds is 5. The van der Waals surface area contributed by atoms with Crippen LogP contribution in [0, 0.1) is 4.91 Å². The van der Waals surface area contributed by atoms with E-state index in [2.05, 4.69) is 10.2 Å². The van der Waals surface area contributed by atoms with Gasteiger partial charge in [-0.15, -0.1) is 28.1 Å². The molecule has 1 rings (SSSR count). The van der Waals surface area contributed by atoms with Gasteiger partial charge < -0.3 is 4.84 Å². The summed E-state index contributed by atoms with van der Waals surface area (Å²) < 4.78 is 0. The summed E-state index contributed by atoms with van der Waals surface area (Å²) in [6.07, 6.45) is 0. The lowest BCUT2D eigenvalue weighted by Gasteiger charge is -2.04. The molecule has 0 fully saturated rings. The Balaban J connectivity index is 2.86. The first-order valence-electron chi connectivity index (χ1n) is 3.98. The Bertz CT molecular complexity index is 295. The minimum Gasteiger partial charge on any atom is -0.359 e. The number of alkyl halides is 2. The van der Waals surface area contributed by atoms with Crippen molar-refractivity contribution >= 4 is 23.2 Å². The van der Waals surface area contributed by atoms with E-state index in [0.717, 1.165) is 16.7 Å². The van der Waals surface area contributed by atoms with Crippen molar-refractivity contribution in [3.05, 3.63) is 39.8 Å². The third-order valence-electron chi connectivity index (χ3n) is 1.70. The number of nitrogens with zero attached hydrogens (tertiary/aromatic N) is 1. The first kappa shape index (κ1) is 11.3. The molecule has 0 amide bonds. The number of hydrogen-bond acceptors (Lipinski definition) is 3. The molecular weight excluding hydrogens is 225 g/mol. The summed E-state index contributed by atoms with van der Waals surface area (Å²) in [6.45, 7) is 0.151. The van der Waals surface area contributed by atoms with Gasteiger partial charge in [-0.05, 0) is 16.7 Å². The Morgan fingerprint density at radius 2 is 1.57 bits per heavy atom. The zero-order valence-corrected chi connectivity index (χ0v) is 8.88. The lowest BCUT2D eigenvalue weighted by Crippen LogP contribution is -1.92. The summed E-state index contributed by atoms with van der Waals surface area (Å²) >= 11 is 11.4. The summed E-state index contributed by atoms with van der Waals surface area (Å²) in [6, 6.07) is 5.63. The number of halogens is 2. The fourth-order valence-corrected chi connectivity index (χ4v) is 1.49. The van der Waals surface area contributed by atoms with Gasteiger partial charge in [0.2, 0.25) is 0 Å². The van der Waals surface area contributed by atoms with Crippen LogP contribution in [0.5, 0.6) is 0 Å². The van der Waals surface area contributed by atoms with Crippen molar-refractivity contribution in [2.75, 3.05) is 0 Å². The van der Waals surface area contributed by atoms with E-state index in [0.29, 0.717) is 11.8 Å². The molecule has 76 valence electrons. The molecule has 0 bridgehead atoms. The summed E-state index contributed by atoms with van der Waals surface area (Å²) in [5.74, 6) is 0.818. The molecule has 1 aromatic rings. The van der Waals surface area contributed by atoms with Crippen molar-refractivity contribution in [1.29, 1.82) is 0 Å². The largest absolute Gasteiger partial charge is 0.359 e. The summed E-state index contributed by atoms with van der Waals surface area (Å²) in [5.41, 5.74) is 2.75. The van der Waals surface area contributed by atoms with Crippen LogP contribution < -0.4 is 0 Å². The second kappa shape index (κ2) is 5.83. The maximum Gasteiger partial charge on any atom is 0.155 e. The minimum absolute atomic E-state index is 0.151. The third kappa shape index (κ3) is 3.16. The molecule has 1 aromatic carbocycles. The highest BCUT2D eigenvalue weighted by Gasteiger charge is 2.00. The van der Waals surface area contributed by atoms with Crippen molar-refractivity contribution in [1.82, 2.24) is 0 Å². The fourth-order valence-electron chi connectivity index (χ4n) is 1.18. The van der Waals surface area contributed by atoms with Crippen LogP contribution in [0.2, 0.25) is 0 Å². The molecule has 5 heteroatoms. The molecule has 0 aliphatic carbocycles. The van der Waals surface area contributed by atoms with Gasteiger partial charge in [0.1, 0.15) is 6.61 Å². The predicted molar refractivity (Wildman–Crippen MR) is 56.1 cm³/mol. The van der Waals surface area contributed by atoms with E-state index in [1.54, 1.807) is 0 Å². The number of benzene rings is 1. The normalized spacial score (nSPS) is 9.86. The Hall–Kier alpha value is -0.800. The van der Waals surface area contributed by atoms with Crippen LogP contribution in [0.1, 0.15) is 16.7 Å². The Kier molecular flexibility index (Phi) is 4.70. The van der Waals surface area contributed by atoms with E-state index in [-0.39, 0.29) is 6.61 Å². The Labute approximate surface area is 91.9 Å². The van der Waals surface area contributed by atoms with Crippen LogP contribution in [0.15, 0.2) is 23.5 Å². The summed E-state index contributed by atoms with van der Waals surface area (Å²) in [7, 11) is 0. The molecule has 0 saturated carbocycles. The van der Waals surface area contributed by atoms with Gasteiger partial charge in [-0.3, -0.25) is 0 Å². The van der Waals surface area contributed by atoms with Crippen molar-refractivity contribution in [3.8, 4) is 0 Å². The van der Waals surface area contributed by atoms with Crippen LogP contribution in [-0.2, 0) is 23.2 Å². The maximum atomic E-state index is 9.76. The molecule has 0 unspecified atom stereocenters. The quantitative estimate of drug-likeness (QED) is 0.445. The molecule has 0 aliphatic rings. The van der Waals surface area contributed by atoms with Crippen LogP contribution in [0.4, 0.5) is 0 Å². The average Bonchev–Trinajstić information content (AvgIpc) is 2.25. The smallest absolute Gasteiger partial charge is 0.155 e. The monoisotopic (exact) mass is 233 g/mol. The Morgan fingerprint density at radius 3 is 2.00 bits per heavy atom. The zero-order valence-electron chi connectivity index (χ0n) is 7.37. The maximum absolute atomic E-state index is 9.76. The summed E-state index contributed by atoms with van der Waals surface area (Å²) in [4.78, 5) is 14.2. The summed E-state index contributed by atoms with van der Waals surface area (Å²) in [5, 5.41) is 2.33. The minimum atomic E-state index is 0.151. The SMILES string of the molecule is O=NOCc1cc(CCl)cc(CCl)c1. The topological polar surface area (TPSA) is 38.7 Å². The molecule has 0 N–H and O–H groups in total. The van der Waals surface area contributed by atoms with E-state index in [1.165, 1.54) is 0 Å². The van der Waals surface area contributed by atoms with Gasteiger partial charge in [0, 0.05) is 11.8 Å². The van der Waals surface area contributed by atoms with E-state index in [4.69, 9.17) is 23.2 Å². The molecule has 0 atom stereocenters. The highest BCUT2D eigenvalue weighted by atomic mass is 35.5. The molecule has 0 heterocycles. The van der Waals surface area contributed by atoms with E-state index in [1.807, 2.05) is 18.2 Å². The van der Waals surface area contributed by atoms with Crippen LogP contribution in [-0.4, -0.2) is 0 Å². The molecule has 3 nitrogen and oxygen atoms in total. The molecule has 0 aliphatic heterocycles. The lowest BCUT2D eigenvalue weighted by molar-refractivity contribution is 0.126. The highest BCUT2D eigenvalue weighted by molar-refractivity contribution is 6.17. The van der Waals surface area contributed by atoms with Crippen LogP contribution in [0.25, 0.3) is 0 Å². The van der Waals surface area contributed by atoms with Gasteiger partial charge in [0.05, 0.1) is 0 Å².